The molecule has 0 bridgehead atoms. The molecule has 146 valence electrons. The Labute approximate surface area is 172 Å². The van der Waals surface area contributed by atoms with Gasteiger partial charge in [0.1, 0.15) is 11.4 Å². The lowest BCUT2D eigenvalue weighted by Crippen LogP contribution is -2.49. The summed E-state index contributed by atoms with van der Waals surface area (Å²) in [5.74, 6) is 3.59. The summed E-state index contributed by atoms with van der Waals surface area (Å²) >= 11 is 5.64. The quantitative estimate of drug-likeness (QED) is 0.688. The molecule has 0 aromatic heterocycles. The first kappa shape index (κ1) is 19.4. The first-order chi connectivity index (χ1) is 13.5. The number of aliphatic hydroxyl groups is 1. The summed E-state index contributed by atoms with van der Waals surface area (Å²) in [5, 5.41) is 23.3. The van der Waals surface area contributed by atoms with Gasteiger partial charge in [0.15, 0.2) is 0 Å². The molecule has 2 unspecified atom stereocenters. The molecule has 0 heterocycles. The second-order valence-corrected chi connectivity index (χ2v) is 8.72. The predicted molar refractivity (Wildman–Crippen MR) is 113 cm³/mol. The van der Waals surface area contributed by atoms with Crippen molar-refractivity contribution in [3.63, 3.8) is 0 Å². The lowest BCUT2D eigenvalue weighted by atomic mass is 9.53. The normalized spacial score (nSPS) is 28.6. The van der Waals surface area contributed by atoms with Gasteiger partial charge in [-0.1, -0.05) is 42.3 Å². The predicted octanol–water partition coefficient (Wildman–Crippen LogP) is 5.33. The maximum absolute atomic E-state index is 10.9. The third-order valence-electron chi connectivity index (χ3n) is 6.95. The van der Waals surface area contributed by atoms with Crippen LogP contribution in [-0.4, -0.2) is 15.8 Å². The van der Waals surface area contributed by atoms with Crippen LogP contribution in [0.1, 0.15) is 55.2 Å². The fourth-order valence-electron chi connectivity index (χ4n) is 5.59. The molecule has 2 N–H and O–H groups in total. The minimum atomic E-state index is -0.968. The van der Waals surface area contributed by atoms with Crippen molar-refractivity contribution in [2.24, 2.45) is 5.92 Å². The van der Waals surface area contributed by atoms with E-state index in [1.165, 1.54) is 16.7 Å². The van der Waals surface area contributed by atoms with E-state index in [1.807, 2.05) is 12.1 Å². The summed E-state index contributed by atoms with van der Waals surface area (Å²) in [4.78, 5) is 0. The van der Waals surface area contributed by atoms with Crippen LogP contribution >= 0.6 is 11.6 Å². The van der Waals surface area contributed by atoms with Crippen molar-refractivity contribution in [3.8, 4) is 17.0 Å². The fraction of sp³-hybridized carbons (Fsp3) is 0.440. The monoisotopic (exact) mass is 394 g/mol. The van der Waals surface area contributed by atoms with Crippen LogP contribution in [-0.2, 0) is 18.3 Å². The van der Waals surface area contributed by atoms with Gasteiger partial charge in [-0.25, -0.2) is 0 Å². The molecule has 28 heavy (non-hydrogen) atoms. The molecule has 1 fully saturated rings. The maximum Gasteiger partial charge on any atom is 0.127 e. The lowest BCUT2D eigenvalue weighted by Gasteiger charge is -2.52. The fourth-order valence-corrected chi connectivity index (χ4v) is 5.77. The summed E-state index contributed by atoms with van der Waals surface area (Å²) in [7, 11) is 0. The molecule has 0 spiro atoms. The SMILES string of the molecule is Oc1ccc2c(c1)CCC1CC(O)(C#CCl)CC[C@@]21CCCc1ccccc1. The first-order valence-electron chi connectivity index (χ1n) is 10.3. The number of aryl methyl sites for hydroxylation is 2. The molecule has 4 rings (SSSR count). The molecule has 0 amide bonds. The number of rotatable bonds is 4. The summed E-state index contributed by atoms with van der Waals surface area (Å²) < 4.78 is 0. The second kappa shape index (κ2) is 7.82. The third-order valence-corrected chi connectivity index (χ3v) is 7.04. The molecule has 0 radical (unpaired) electrons. The van der Waals surface area contributed by atoms with Gasteiger partial charge < -0.3 is 10.2 Å². The molecule has 3 heteroatoms. The van der Waals surface area contributed by atoms with Crippen LogP contribution in [0.5, 0.6) is 5.75 Å². The Morgan fingerprint density at radius 2 is 1.93 bits per heavy atom. The highest BCUT2D eigenvalue weighted by Crippen LogP contribution is 2.55. The zero-order chi connectivity index (χ0) is 19.6. The van der Waals surface area contributed by atoms with E-state index in [0.29, 0.717) is 24.5 Å². The number of aromatic hydroxyl groups is 1. The number of hydrogen-bond donors (Lipinski definition) is 2. The maximum atomic E-state index is 10.9. The summed E-state index contributed by atoms with van der Waals surface area (Å²) in [6.45, 7) is 0. The van der Waals surface area contributed by atoms with Crippen LogP contribution in [0.2, 0.25) is 0 Å². The van der Waals surface area contributed by atoms with Gasteiger partial charge >= 0.3 is 0 Å². The number of phenolic OH excluding ortho intramolecular Hbond substituents is 1. The third kappa shape index (κ3) is 3.66. The highest BCUT2D eigenvalue weighted by atomic mass is 35.5. The molecule has 2 aliphatic rings. The van der Waals surface area contributed by atoms with Crippen molar-refractivity contribution in [2.45, 2.75) is 62.4 Å². The summed E-state index contributed by atoms with van der Waals surface area (Å²) in [6, 6.07) is 16.5. The van der Waals surface area contributed by atoms with Gasteiger partial charge in [-0.05, 0) is 103 Å². The van der Waals surface area contributed by atoms with E-state index in [1.54, 1.807) is 0 Å². The highest BCUT2D eigenvalue weighted by Gasteiger charge is 2.50. The zero-order valence-electron chi connectivity index (χ0n) is 16.1. The van der Waals surface area contributed by atoms with Crippen LogP contribution < -0.4 is 0 Å². The van der Waals surface area contributed by atoms with Crippen molar-refractivity contribution >= 4 is 11.6 Å². The Hall–Kier alpha value is -1.95. The van der Waals surface area contributed by atoms with Crippen LogP contribution in [0.4, 0.5) is 0 Å². The van der Waals surface area contributed by atoms with E-state index in [9.17, 15) is 10.2 Å². The number of fused-ring (bicyclic) bond motifs is 3. The topological polar surface area (TPSA) is 40.5 Å². The first-order valence-corrected chi connectivity index (χ1v) is 10.6. The Kier molecular flexibility index (Phi) is 5.41. The van der Waals surface area contributed by atoms with Crippen molar-refractivity contribution in [2.75, 3.05) is 0 Å². The van der Waals surface area contributed by atoms with Gasteiger partial charge in [-0.2, -0.15) is 0 Å². The molecular formula is C25H27ClO2. The van der Waals surface area contributed by atoms with Crippen LogP contribution in [0.3, 0.4) is 0 Å². The molecule has 1 saturated carbocycles. The Morgan fingerprint density at radius 1 is 1.11 bits per heavy atom. The highest BCUT2D eigenvalue weighted by molar-refractivity contribution is 6.30. The smallest absolute Gasteiger partial charge is 0.127 e. The van der Waals surface area contributed by atoms with E-state index in [2.05, 4.69) is 47.7 Å². The van der Waals surface area contributed by atoms with Gasteiger partial charge in [-0.15, -0.1) is 0 Å². The van der Waals surface area contributed by atoms with Crippen molar-refractivity contribution < 1.29 is 10.2 Å². The van der Waals surface area contributed by atoms with Gasteiger partial charge in [0.05, 0.1) is 0 Å². The van der Waals surface area contributed by atoms with E-state index in [4.69, 9.17) is 11.6 Å². The van der Waals surface area contributed by atoms with Gasteiger partial charge in [0.2, 0.25) is 0 Å². The average molecular weight is 395 g/mol. The summed E-state index contributed by atoms with van der Waals surface area (Å²) in [6.07, 6.45) is 7.47. The van der Waals surface area contributed by atoms with Crippen LogP contribution in [0.15, 0.2) is 48.5 Å². The molecular weight excluding hydrogens is 368 g/mol. The Bertz CT molecular complexity index is 898. The van der Waals surface area contributed by atoms with E-state index >= 15 is 0 Å². The molecule has 2 aromatic rings. The van der Waals surface area contributed by atoms with Gasteiger partial charge in [-0.3, -0.25) is 0 Å². The molecule has 2 aromatic carbocycles. The lowest BCUT2D eigenvalue weighted by molar-refractivity contribution is -0.0112. The largest absolute Gasteiger partial charge is 0.508 e. The summed E-state index contributed by atoms with van der Waals surface area (Å²) in [5.41, 5.74) is 3.10. The van der Waals surface area contributed by atoms with E-state index in [0.717, 1.165) is 38.5 Å². The number of hydrogen-bond acceptors (Lipinski definition) is 2. The Morgan fingerprint density at radius 3 is 2.71 bits per heavy atom. The van der Waals surface area contributed by atoms with Gasteiger partial charge in [0.25, 0.3) is 0 Å². The average Bonchev–Trinajstić information content (AvgIpc) is 2.69. The molecule has 0 aliphatic heterocycles. The standard InChI is InChI=1S/C25H27ClO2/c26-16-15-24(28)13-14-25(12-4-7-19-5-2-1-3-6-19)21(18-24)9-8-20-17-22(27)10-11-23(20)25/h1-3,5-6,10-11,17,21,27-28H,4,7-9,12-14,18H2/t21?,24?,25-/m1/s1. The van der Waals surface area contributed by atoms with E-state index < -0.39 is 5.60 Å². The number of benzene rings is 2. The minimum Gasteiger partial charge on any atom is -0.508 e. The van der Waals surface area contributed by atoms with Crippen molar-refractivity contribution in [1.29, 1.82) is 0 Å². The second-order valence-electron chi connectivity index (χ2n) is 8.53. The molecule has 2 aliphatic carbocycles. The zero-order valence-corrected chi connectivity index (χ0v) is 16.9. The number of phenols is 1. The minimum absolute atomic E-state index is 0.0519. The van der Waals surface area contributed by atoms with Crippen molar-refractivity contribution in [1.82, 2.24) is 0 Å². The van der Waals surface area contributed by atoms with Crippen LogP contribution in [0.25, 0.3) is 0 Å². The van der Waals surface area contributed by atoms with E-state index in [-0.39, 0.29) is 5.41 Å². The Balaban J connectivity index is 1.63. The van der Waals surface area contributed by atoms with Crippen molar-refractivity contribution in [3.05, 3.63) is 65.2 Å². The van der Waals surface area contributed by atoms with Gasteiger partial charge in [0, 0.05) is 5.38 Å². The molecule has 3 atom stereocenters. The van der Waals surface area contributed by atoms with Crippen LogP contribution in [0, 0.1) is 17.2 Å². The number of halogens is 1. The molecule has 2 nitrogen and oxygen atoms in total. The molecule has 0 saturated heterocycles.